The van der Waals surface area contributed by atoms with Crippen LogP contribution in [0.3, 0.4) is 0 Å². The molecule has 0 aliphatic carbocycles. The van der Waals surface area contributed by atoms with Crippen molar-refractivity contribution in [1.82, 2.24) is 0 Å². The second-order valence-corrected chi connectivity index (χ2v) is 7.76. The molecule has 11 heteroatoms. The van der Waals surface area contributed by atoms with Crippen LogP contribution < -0.4 is 19.5 Å². The first-order valence-corrected chi connectivity index (χ1v) is 9.69. The summed E-state index contributed by atoms with van der Waals surface area (Å²) in [5.41, 5.74) is -0.0292. The molecule has 0 atom stereocenters. The van der Waals surface area contributed by atoms with Gasteiger partial charge in [0.05, 0.1) is 25.6 Å². The number of anilines is 2. The van der Waals surface area contributed by atoms with E-state index in [9.17, 15) is 21.6 Å². The number of nitrogens with one attached hydrogen (secondary N) is 2. The molecule has 0 fully saturated rings. The van der Waals surface area contributed by atoms with Crippen LogP contribution in [0.5, 0.6) is 11.5 Å². The number of benzene rings is 2. The zero-order valence-electron chi connectivity index (χ0n) is 14.2. The molecular formula is C16H16BrF3N2O4S. The van der Waals surface area contributed by atoms with Crippen LogP contribution >= 0.6 is 15.9 Å². The number of halogens is 4. The van der Waals surface area contributed by atoms with E-state index in [2.05, 4.69) is 26.0 Å². The number of para-hydroxylation sites is 2. The fourth-order valence-electron chi connectivity index (χ4n) is 2.16. The summed E-state index contributed by atoms with van der Waals surface area (Å²) >= 11 is 3.16. The number of methoxy groups -OCH3 is 2. The molecule has 0 spiro atoms. The Labute approximate surface area is 162 Å². The van der Waals surface area contributed by atoms with E-state index >= 15 is 0 Å². The van der Waals surface area contributed by atoms with Gasteiger partial charge in [0, 0.05) is 10.5 Å². The number of hydrogen-bond donors (Lipinski definition) is 2. The highest BCUT2D eigenvalue weighted by Gasteiger charge is 2.27. The van der Waals surface area contributed by atoms with E-state index < -0.39 is 22.7 Å². The van der Waals surface area contributed by atoms with Crippen molar-refractivity contribution in [3.05, 3.63) is 40.9 Å². The van der Waals surface area contributed by atoms with Gasteiger partial charge < -0.3 is 14.8 Å². The normalized spacial score (nSPS) is 11.8. The Balaban J connectivity index is 2.38. The van der Waals surface area contributed by atoms with E-state index in [-0.39, 0.29) is 26.5 Å². The third-order valence-corrected chi connectivity index (χ3v) is 5.70. The zero-order valence-corrected chi connectivity index (χ0v) is 16.6. The lowest BCUT2D eigenvalue weighted by Gasteiger charge is -2.17. The van der Waals surface area contributed by atoms with Gasteiger partial charge in [-0.05, 0) is 34.1 Å². The Morgan fingerprint density at radius 1 is 1.04 bits per heavy atom. The van der Waals surface area contributed by atoms with Crippen LogP contribution in [0.15, 0.2) is 45.8 Å². The Bertz CT molecular complexity index is 920. The van der Waals surface area contributed by atoms with Gasteiger partial charge in [-0.1, -0.05) is 12.1 Å². The summed E-state index contributed by atoms with van der Waals surface area (Å²) in [5, 5.41) is 2.17. The minimum atomic E-state index is -4.45. The molecule has 2 aromatic rings. The predicted molar refractivity (Wildman–Crippen MR) is 99.0 cm³/mol. The first-order valence-electron chi connectivity index (χ1n) is 7.41. The van der Waals surface area contributed by atoms with Gasteiger partial charge in [-0.2, -0.15) is 13.2 Å². The predicted octanol–water partition coefficient (Wildman–Crippen LogP) is 4.24. The third kappa shape index (κ3) is 5.42. The van der Waals surface area contributed by atoms with E-state index in [0.29, 0.717) is 5.75 Å². The van der Waals surface area contributed by atoms with Gasteiger partial charge in [0.1, 0.15) is 11.4 Å². The summed E-state index contributed by atoms with van der Waals surface area (Å²) in [6.07, 6.45) is -4.45. The summed E-state index contributed by atoms with van der Waals surface area (Å²) in [7, 11) is -1.38. The number of alkyl halides is 3. The van der Waals surface area contributed by atoms with Crippen LogP contribution in [0, 0.1) is 0 Å². The smallest absolute Gasteiger partial charge is 0.405 e. The summed E-state index contributed by atoms with van der Waals surface area (Å²) in [6.45, 7) is -1.30. The van der Waals surface area contributed by atoms with Crippen LogP contribution in [0.4, 0.5) is 24.5 Å². The molecule has 0 saturated heterocycles. The van der Waals surface area contributed by atoms with Crippen molar-refractivity contribution in [1.29, 1.82) is 0 Å². The minimum absolute atomic E-state index is 0.00463. The Morgan fingerprint density at radius 2 is 1.59 bits per heavy atom. The molecule has 2 aromatic carbocycles. The van der Waals surface area contributed by atoms with Crippen molar-refractivity contribution in [2.24, 2.45) is 0 Å². The number of sulfonamides is 1. The summed E-state index contributed by atoms with van der Waals surface area (Å²) in [6, 6.07) is 8.35. The summed E-state index contributed by atoms with van der Waals surface area (Å²) in [4.78, 5) is -0.161. The van der Waals surface area contributed by atoms with E-state index in [1.54, 1.807) is 0 Å². The quantitative estimate of drug-likeness (QED) is 0.635. The van der Waals surface area contributed by atoms with E-state index in [1.165, 1.54) is 50.6 Å². The fraction of sp³-hybridized carbons (Fsp3) is 0.250. The molecule has 2 rings (SSSR count). The monoisotopic (exact) mass is 468 g/mol. The highest BCUT2D eigenvalue weighted by Crippen LogP contribution is 2.36. The van der Waals surface area contributed by atoms with Crippen molar-refractivity contribution < 1.29 is 31.1 Å². The lowest BCUT2D eigenvalue weighted by Crippen LogP contribution is -2.22. The van der Waals surface area contributed by atoms with Crippen LogP contribution in [0.2, 0.25) is 0 Å². The molecule has 0 aliphatic heterocycles. The highest BCUT2D eigenvalue weighted by molar-refractivity contribution is 9.10. The topological polar surface area (TPSA) is 76.7 Å². The Kier molecular flexibility index (Phi) is 6.47. The highest BCUT2D eigenvalue weighted by atomic mass is 79.9. The van der Waals surface area contributed by atoms with Gasteiger partial charge in [0.15, 0.2) is 11.5 Å². The molecule has 6 nitrogen and oxygen atoms in total. The molecule has 0 saturated carbocycles. The zero-order chi connectivity index (χ0) is 20.2. The Morgan fingerprint density at radius 3 is 2.15 bits per heavy atom. The van der Waals surface area contributed by atoms with Gasteiger partial charge >= 0.3 is 6.18 Å². The average Bonchev–Trinajstić information content (AvgIpc) is 2.59. The lowest BCUT2D eigenvalue weighted by molar-refractivity contribution is -0.115. The maximum Gasteiger partial charge on any atom is 0.405 e. The van der Waals surface area contributed by atoms with Crippen molar-refractivity contribution in [3.63, 3.8) is 0 Å². The van der Waals surface area contributed by atoms with Gasteiger partial charge in [0.25, 0.3) is 10.0 Å². The minimum Gasteiger partial charge on any atom is -0.493 e. The molecule has 0 aliphatic rings. The number of hydrogen-bond acceptors (Lipinski definition) is 5. The van der Waals surface area contributed by atoms with Gasteiger partial charge in [-0.25, -0.2) is 8.42 Å². The summed E-state index contributed by atoms with van der Waals surface area (Å²) in [5.74, 6) is 0.500. The van der Waals surface area contributed by atoms with E-state index in [4.69, 9.17) is 9.47 Å². The molecule has 27 heavy (non-hydrogen) atoms. The largest absolute Gasteiger partial charge is 0.493 e. The van der Waals surface area contributed by atoms with Crippen LogP contribution in [0.25, 0.3) is 0 Å². The molecular weight excluding hydrogens is 453 g/mol. The second-order valence-electron chi connectivity index (χ2n) is 5.26. The van der Waals surface area contributed by atoms with Crippen LogP contribution in [0.1, 0.15) is 0 Å². The molecule has 0 heterocycles. The average molecular weight is 469 g/mol. The Hall–Kier alpha value is -2.14. The van der Waals surface area contributed by atoms with Gasteiger partial charge in [0.2, 0.25) is 0 Å². The molecule has 0 aromatic heterocycles. The van der Waals surface area contributed by atoms with E-state index in [1.807, 2.05) is 0 Å². The van der Waals surface area contributed by atoms with Crippen molar-refractivity contribution in [2.75, 3.05) is 30.8 Å². The van der Waals surface area contributed by atoms with Crippen LogP contribution in [-0.4, -0.2) is 35.4 Å². The fourth-order valence-corrected chi connectivity index (χ4v) is 4.28. The second kappa shape index (κ2) is 8.26. The van der Waals surface area contributed by atoms with Crippen molar-refractivity contribution in [3.8, 4) is 11.5 Å². The van der Waals surface area contributed by atoms with Gasteiger partial charge in [-0.15, -0.1) is 0 Å². The molecule has 0 amide bonds. The van der Waals surface area contributed by atoms with Crippen molar-refractivity contribution in [2.45, 2.75) is 11.1 Å². The van der Waals surface area contributed by atoms with E-state index in [0.717, 1.165) is 0 Å². The molecule has 0 radical (unpaired) electrons. The van der Waals surface area contributed by atoms with Crippen LogP contribution in [-0.2, 0) is 10.0 Å². The number of rotatable bonds is 7. The first kappa shape index (κ1) is 21.2. The molecule has 0 bridgehead atoms. The SMILES string of the molecule is COc1cc(Br)c(S(=O)(=O)Nc2ccccc2NCC(F)(F)F)cc1OC. The van der Waals surface area contributed by atoms with Crippen molar-refractivity contribution >= 4 is 37.3 Å². The third-order valence-electron chi connectivity index (χ3n) is 3.38. The number of ether oxygens (including phenoxy) is 2. The maximum atomic E-state index is 12.8. The summed E-state index contributed by atoms with van der Waals surface area (Å²) < 4.78 is 75.6. The molecule has 0 unspecified atom stereocenters. The standard InChI is InChI=1S/C16H16BrF3N2O4S/c1-25-13-7-10(17)15(8-14(13)26-2)27(23,24)22-12-6-4-3-5-11(12)21-9-16(18,19)20/h3-8,21-22H,9H2,1-2H3. The molecule has 148 valence electrons. The van der Waals surface area contributed by atoms with Gasteiger partial charge in [-0.3, -0.25) is 4.72 Å². The molecule has 2 N–H and O–H groups in total. The first-order chi connectivity index (χ1) is 12.6. The maximum absolute atomic E-state index is 12.8. The lowest BCUT2D eigenvalue weighted by atomic mass is 10.3.